The number of nitrogens with zero attached hydrogens (tertiary/aromatic N) is 6. The van der Waals surface area contributed by atoms with Crippen LogP contribution in [0.4, 0.5) is 0 Å². The maximum atomic E-state index is 12.2. The van der Waals surface area contributed by atoms with Crippen LogP contribution in [0.25, 0.3) is 22.6 Å². The number of aryl methyl sites for hydroxylation is 4. The van der Waals surface area contributed by atoms with Gasteiger partial charge in [-0.15, -0.1) is 10.2 Å². The number of nitrogens with one attached hydrogen (secondary N) is 1. The number of carbonyl (C=O) groups excluding carboxylic acids is 1. The Kier molecular flexibility index (Phi) is 5.11. The van der Waals surface area contributed by atoms with E-state index in [1.165, 1.54) is 0 Å². The molecule has 1 amide bonds. The van der Waals surface area contributed by atoms with Gasteiger partial charge in [0.1, 0.15) is 11.5 Å². The first-order chi connectivity index (χ1) is 14.0. The molecule has 29 heavy (non-hydrogen) atoms. The summed E-state index contributed by atoms with van der Waals surface area (Å²) >= 11 is 0. The Balaban J connectivity index is 1.34. The average molecular weight is 393 g/mol. The molecule has 0 atom stereocenters. The normalized spacial score (nSPS) is 11.3. The van der Waals surface area contributed by atoms with Crippen molar-refractivity contribution >= 4 is 16.9 Å². The van der Waals surface area contributed by atoms with Crippen LogP contribution in [0.1, 0.15) is 30.8 Å². The van der Waals surface area contributed by atoms with Crippen LogP contribution in [-0.4, -0.2) is 35.4 Å². The van der Waals surface area contributed by atoms with E-state index in [1.54, 1.807) is 0 Å². The molecule has 0 spiro atoms. The number of aromatic nitrogens is 6. The molecule has 0 saturated carbocycles. The number of fused-ring (bicyclic) bond motifs is 1. The maximum Gasteiger partial charge on any atom is 0.265 e. The second kappa shape index (κ2) is 7.86. The number of hydrogen-bond acceptors (Lipinski definition) is 6. The lowest BCUT2D eigenvalue weighted by molar-refractivity contribution is -0.121. The highest BCUT2D eigenvalue weighted by Crippen LogP contribution is 2.19. The summed E-state index contributed by atoms with van der Waals surface area (Å²) in [6.07, 6.45) is 0.637. The number of imidazole rings is 1. The van der Waals surface area contributed by atoms with Crippen molar-refractivity contribution in [3.8, 4) is 11.6 Å². The van der Waals surface area contributed by atoms with Crippen LogP contribution < -0.4 is 5.32 Å². The van der Waals surface area contributed by atoms with Crippen LogP contribution >= 0.6 is 0 Å². The smallest absolute Gasteiger partial charge is 0.265 e. The SMILES string of the molecule is CCn1nc(C)cc1-c1nnc(CCC(=O)NCc2nc3ccccc3n2C)o1. The molecule has 0 aliphatic carbocycles. The molecule has 1 N–H and O–H groups in total. The van der Waals surface area contributed by atoms with Crippen molar-refractivity contribution in [1.29, 1.82) is 0 Å². The van der Waals surface area contributed by atoms with Crippen molar-refractivity contribution in [2.75, 3.05) is 0 Å². The molecular weight excluding hydrogens is 370 g/mol. The van der Waals surface area contributed by atoms with Gasteiger partial charge in [0.25, 0.3) is 5.89 Å². The molecular formula is C20H23N7O2. The summed E-state index contributed by atoms with van der Waals surface area (Å²) in [4.78, 5) is 16.8. The van der Waals surface area contributed by atoms with Crippen LogP contribution in [0.5, 0.6) is 0 Å². The summed E-state index contributed by atoms with van der Waals surface area (Å²) in [6, 6.07) is 9.79. The summed E-state index contributed by atoms with van der Waals surface area (Å²) < 4.78 is 9.52. The molecule has 9 nitrogen and oxygen atoms in total. The Morgan fingerprint density at radius 2 is 2.07 bits per heavy atom. The van der Waals surface area contributed by atoms with Crippen molar-refractivity contribution in [3.63, 3.8) is 0 Å². The fourth-order valence-electron chi connectivity index (χ4n) is 3.26. The lowest BCUT2D eigenvalue weighted by Crippen LogP contribution is -2.24. The minimum absolute atomic E-state index is 0.0914. The van der Waals surface area contributed by atoms with Crippen LogP contribution in [0.15, 0.2) is 34.7 Å². The summed E-state index contributed by atoms with van der Waals surface area (Å²) in [5, 5.41) is 15.4. The minimum atomic E-state index is -0.0914. The van der Waals surface area contributed by atoms with Crippen molar-refractivity contribution < 1.29 is 9.21 Å². The highest BCUT2D eigenvalue weighted by molar-refractivity contribution is 5.77. The predicted octanol–water partition coefficient (Wildman–Crippen LogP) is 2.40. The van der Waals surface area contributed by atoms with Gasteiger partial charge in [-0.3, -0.25) is 9.48 Å². The van der Waals surface area contributed by atoms with Gasteiger partial charge >= 0.3 is 0 Å². The number of carbonyl (C=O) groups is 1. The second-order valence-corrected chi connectivity index (χ2v) is 6.84. The Morgan fingerprint density at radius 3 is 2.86 bits per heavy atom. The summed E-state index contributed by atoms with van der Waals surface area (Å²) in [5.74, 6) is 1.57. The minimum Gasteiger partial charge on any atom is -0.419 e. The molecule has 150 valence electrons. The third-order valence-corrected chi connectivity index (χ3v) is 4.78. The first-order valence-corrected chi connectivity index (χ1v) is 9.59. The average Bonchev–Trinajstić information content (AvgIpc) is 3.42. The topological polar surface area (TPSA) is 104 Å². The Bertz CT molecular complexity index is 1150. The van der Waals surface area contributed by atoms with Gasteiger partial charge in [0.05, 0.1) is 23.3 Å². The largest absolute Gasteiger partial charge is 0.419 e. The molecule has 0 radical (unpaired) electrons. The first kappa shape index (κ1) is 18.9. The van der Waals surface area contributed by atoms with Gasteiger partial charge in [0.2, 0.25) is 11.8 Å². The number of rotatable bonds is 7. The molecule has 1 aromatic carbocycles. The number of amides is 1. The quantitative estimate of drug-likeness (QED) is 0.517. The zero-order valence-electron chi connectivity index (χ0n) is 16.7. The van der Waals surface area contributed by atoms with Gasteiger partial charge in [-0.05, 0) is 32.0 Å². The molecule has 0 saturated heterocycles. The lowest BCUT2D eigenvalue weighted by atomic mass is 10.3. The highest BCUT2D eigenvalue weighted by atomic mass is 16.4. The van der Waals surface area contributed by atoms with Gasteiger partial charge in [0, 0.05) is 26.4 Å². The van der Waals surface area contributed by atoms with E-state index in [0.29, 0.717) is 31.3 Å². The zero-order chi connectivity index (χ0) is 20.4. The first-order valence-electron chi connectivity index (χ1n) is 9.59. The van der Waals surface area contributed by atoms with Gasteiger partial charge in [-0.2, -0.15) is 5.10 Å². The molecule has 4 rings (SSSR count). The molecule has 0 aliphatic rings. The van der Waals surface area contributed by atoms with E-state index in [1.807, 2.05) is 60.5 Å². The van der Waals surface area contributed by atoms with Crippen molar-refractivity contribution in [3.05, 3.63) is 47.7 Å². The predicted molar refractivity (Wildman–Crippen MR) is 107 cm³/mol. The number of para-hydroxylation sites is 2. The monoisotopic (exact) mass is 393 g/mol. The van der Waals surface area contributed by atoms with Crippen molar-refractivity contribution in [2.24, 2.45) is 7.05 Å². The Morgan fingerprint density at radius 1 is 1.24 bits per heavy atom. The molecule has 0 bridgehead atoms. The lowest BCUT2D eigenvalue weighted by Gasteiger charge is -2.04. The van der Waals surface area contributed by atoms with Crippen LogP contribution in [-0.2, 0) is 31.4 Å². The highest BCUT2D eigenvalue weighted by Gasteiger charge is 2.15. The third kappa shape index (κ3) is 3.89. The maximum absolute atomic E-state index is 12.2. The van der Waals surface area contributed by atoms with Gasteiger partial charge < -0.3 is 14.3 Å². The molecule has 0 unspecified atom stereocenters. The molecule has 3 heterocycles. The molecule has 3 aromatic heterocycles. The van der Waals surface area contributed by atoms with E-state index in [4.69, 9.17) is 4.42 Å². The number of hydrogen-bond donors (Lipinski definition) is 1. The second-order valence-electron chi connectivity index (χ2n) is 6.84. The molecule has 9 heteroatoms. The standard InChI is InChI=1S/C20H23N7O2/c1-4-27-16(11-13(2)25-27)20-24-23-19(29-20)10-9-18(28)21-12-17-22-14-7-5-6-8-15(14)26(17)3/h5-8,11H,4,9-10,12H2,1-3H3,(H,21,28). The van der Waals surface area contributed by atoms with Crippen LogP contribution in [0.3, 0.4) is 0 Å². The number of benzene rings is 1. The summed E-state index contributed by atoms with van der Waals surface area (Å²) in [6.45, 7) is 5.00. The fourth-order valence-corrected chi connectivity index (χ4v) is 3.26. The fraction of sp³-hybridized carbons (Fsp3) is 0.350. The molecule has 0 aliphatic heterocycles. The van der Waals surface area contributed by atoms with E-state index in [0.717, 1.165) is 28.2 Å². The van der Waals surface area contributed by atoms with E-state index in [2.05, 4.69) is 25.6 Å². The Hall–Kier alpha value is -3.49. The van der Waals surface area contributed by atoms with Gasteiger partial charge in [-0.25, -0.2) is 4.98 Å². The Labute approximate surface area is 167 Å². The van der Waals surface area contributed by atoms with Crippen molar-refractivity contribution in [1.82, 2.24) is 34.8 Å². The summed E-state index contributed by atoms with van der Waals surface area (Å²) in [7, 11) is 1.94. The van der Waals surface area contributed by atoms with Crippen LogP contribution in [0, 0.1) is 6.92 Å². The van der Waals surface area contributed by atoms with Crippen LogP contribution in [0.2, 0.25) is 0 Å². The van der Waals surface area contributed by atoms with Gasteiger partial charge in [-0.1, -0.05) is 12.1 Å². The molecule has 4 aromatic rings. The van der Waals surface area contributed by atoms with E-state index in [9.17, 15) is 4.79 Å². The zero-order valence-corrected chi connectivity index (χ0v) is 16.7. The summed E-state index contributed by atoms with van der Waals surface area (Å²) in [5.41, 5.74) is 3.63. The van der Waals surface area contributed by atoms with E-state index >= 15 is 0 Å². The van der Waals surface area contributed by atoms with Crippen molar-refractivity contribution in [2.45, 2.75) is 39.8 Å². The third-order valence-electron chi connectivity index (χ3n) is 4.78. The van der Waals surface area contributed by atoms with E-state index < -0.39 is 0 Å². The van der Waals surface area contributed by atoms with Gasteiger partial charge in [0.15, 0.2) is 0 Å². The molecule has 0 fully saturated rings. The van der Waals surface area contributed by atoms with E-state index in [-0.39, 0.29) is 12.3 Å².